The Bertz CT molecular complexity index is 505. The molecular formula is C15H24F2IN3O3. The van der Waals surface area contributed by atoms with Crippen molar-refractivity contribution in [2.24, 2.45) is 4.99 Å². The summed E-state index contributed by atoms with van der Waals surface area (Å²) < 4.78 is 39.8. The highest BCUT2D eigenvalue weighted by Crippen LogP contribution is 2.25. The fraction of sp³-hybridized carbons (Fsp3) is 0.533. The molecule has 0 amide bonds. The van der Waals surface area contributed by atoms with Crippen LogP contribution in [0, 0.1) is 0 Å². The normalized spacial score (nSPS) is 11.0. The maximum Gasteiger partial charge on any atom is 0.387 e. The standard InChI is InChI=1S/C15H23F2N3O3.HI/c1-4-22-8-7-19-15(18-2)20-10-11-9-12(21-3)5-6-13(11)23-14(16)17;/h5-6,9,14H,4,7-8,10H2,1-3H3,(H2,18,19,20);1H. The number of nitrogens with zero attached hydrogens (tertiary/aromatic N) is 1. The highest BCUT2D eigenvalue weighted by Gasteiger charge is 2.11. The number of alkyl halides is 2. The van der Waals surface area contributed by atoms with Crippen molar-refractivity contribution in [2.75, 3.05) is 33.9 Å². The summed E-state index contributed by atoms with van der Waals surface area (Å²) >= 11 is 0. The van der Waals surface area contributed by atoms with E-state index in [4.69, 9.17) is 9.47 Å². The maximum absolute atomic E-state index is 12.5. The topological polar surface area (TPSA) is 64.1 Å². The number of guanidine groups is 1. The zero-order chi connectivity index (χ0) is 17.1. The number of aliphatic imine (C=N–C) groups is 1. The molecule has 0 aromatic heterocycles. The van der Waals surface area contributed by atoms with Gasteiger partial charge in [0.2, 0.25) is 0 Å². The van der Waals surface area contributed by atoms with Crippen LogP contribution in [0.5, 0.6) is 11.5 Å². The number of halogens is 3. The van der Waals surface area contributed by atoms with E-state index in [1.807, 2.05) is 6.92 Å². The Kier molecular flexibility index (Phi) is 12.3. The van der Waals surface area contributed by atoms with E-state index in [2.05, 4.69) is 20.4 Å². The molecule has 6 nitrogen and oxygen atoms in total. The van der Waals surface area contributed by atoms with E-state index in [9.17, 15) is 8.78 Å². The van der Waals surface area contributed by atoms with Gasteiger partial charge < -0.3 is 24.8 Å². The van der Waals surface area contributed by atoms with Crippen molar-refractivity contribution in [2.45, 2.75) is 20.1 Å². The Morgan fingerprint density at radius 2 is 2.04 bits per heavy atom. The summed E-state index contributed by atoms with van der Waals surface area (Å²) in [5.41, 5.74) is 0.539. The van der Waals surface area contributed by atoms with Gasteiger partial charge in [0.05, 0.1) is 13.7 Å². The predicted molar refractivity (Wildman–Crippen MR) is 99.7 cm³/mol. The van der Waals surface area contributed by atoms with Gasteiger partial charge in [-0.1, -0.05) is 0 Å². The van der Waals surface area contributed by atoms with Crippen molar-refractivity contribution in [3.8, 4) is 11.5 Å². The summed E-state index contributed by atoms with van der Waals surface area (Å²) in [6.45, 7) is 1.08. The van der Waals surface area contributed by atoms with E-state index in [0.29, 0.717) is 37.0 Å². The van der Waals surface area contributed by atoms with Crippen LogP contribution >= 0.6 is 24.0 Å². The van der Waals surface area contributed by atoms with Crippen molar-refractivity contribution in [1.82, 2.24) is 10.6 Å². The summed E-state index contributed by atoms with van der Waals surface area (Å²) in [6, 6.07) is 4.65. The van der Waals surface area contributed by atoms with E-state index in [-0.39, 0.29) is 36.3 Å². The molecule has 0 bridgehead atoms. The summed E-state index contributed by atoms with van der Waals surface area (Å²) in [7, 11) is 3.13. The monoisotopic (exact) mass is 459 g/mol. The van der Waals surface area contributed by atoms with Crippen LogP contribution in [-0.4, -0.2) is 46.5 Å². The SMILES string of the molecule is CCOCCNC(=NC)NCc1cc(OC)ccc1OC(F)F.I. The lowest BCUT2D eigenvalue weighted by Gasteiger charge is -2.15. The largest absolute Gasteiger partial charge is 0.497 e. The Labute approximate surface area is 158 Å². The molecule has 0 heterocycles. The minimum Gasteiger partial charge on any atom is -0.497 e. The molecular weight excluding hydrogens is 435 g/mol. The zero-order valence-electron chi connectivity index (χ0n) is 14.0. The molecule has 1 aromatic rings. The first-order valence-electron chi connectivity index (χ1n) is 7.24. The second kappa shape index (κ2) is 13.0. The van der Waals surface area contributed by atoms with Crippen LogP contribution in [0.1, 0.15) is 12.5 Å². The summed E-state index contributed by atoms with van der Waals surface area (Å²) in [5.74, 6) is 1.19. The molecule has 0 atom stereocenters. The summed E-state index contributed by atoms with van der Waals surface area (Å²) in [6.07, 6.45) is 0. The third-order valence-electron chi connectivity index (χ3n) is 2.90. The second-order valence-electron chi connectivity index (χ2n) is 4.40. The van der Waals surface area contributed by atoms with Gasteiger partial charge in [-0.25, -0.2) is 0 Å². The Morgan fingerprint density at radius 3 is 2.62 bits per heavy atom. The van der Waals surface area contributed by atoms with Crippen LogP contribution in [-0.2, 0) is 11.3 Å². The van der Waals surface area contributed by atoms with Crippen LogP contribution in [0.25, 0.3) is 0 Å². The minimum atomic E-state index is -2.88. The molecule has 0 unspecified atom stereocenters. The minimum absolute atomic E-state index is 0. The quantitative estimate of drug-likeness (QED) is 0.257. The van der Waals surface area contributed by atoms with Crippen LogP contribution < -0.4 is 20.1 Å². The fourth-order valence-corrected chi connectivity index (χ4v) is 1.82. The third kappa shape index (κ3) is 8.48. The summed E-state index contributed by atoms with van der Waals surface area (Å²) in [5, 5.41) is 6.09. The molecule has 0 saturated carbocycles. The van der Waals surface area contributed by atoms with Crippen molar-refractivity contribution in [3.63, 3.8) is 0 Å². The first kappa shape index (κ1) is 22.6. The van der Waals surface area contributed by atoms with E-state index >= 15 is 0 Å². The van der Waals surface area contributed by atoms with Crippen LogP contribution in [0.4, 0.5) is 8.78 Å². The molecule has 0 radical (unpaired) electrons. The van der Waals surface area contributed by atoms with Crippen LogP contribution in [0.3, 0.4) is 0 Å². The number of benzene rings is 1. The fourth-order valence-electron chi connectivity index (χ4n) is 1.82. The lowest BCUT2D eigenvalue weighted by molar-refractivity contribution is -0.0504. The molecule has 1 rings (SSSR count). The molecule has 1 aromatic carbocycles. The van der Waals surface area contributed by atoms with Gasteiger partial charge in [0, 0.05) is 32.3 Å². The van der Waals surface area contributed by atoms with Crippen LogP contribution in [0.2, 0.25) is 0 Å². The zero-order valence-corrected chi connectivity index (χ0v) is 16.3. The molecule has 2 N–H and O–H groups in total. The third-order valence-corrected chi connectivity index (χ3v) is 2.90. The molecule has 0 spiro atoms. The number of hydrogen-bond acceptors (Lipinski definition) is 4. The highest BCUT2D eigenvalue weighted by molar-refractivity contribution is 14.0. The lowest BCUT2D eigenvalue weighted by atomic mass is 10.2. The summed E-state index contributed by atoms with van der Waals surface area (Å²) in [4.78, 5) is 4.05. The van der Waals surface area contributed by atoms with Gasteiger partial charge in [0.25, 0.3) is 0 Å². The van der Waals surface area contributed by atoms with Gasteiger partial charge in [-0.05, 0) is 25.1 Å². The molecule has 0 aliphatic carbocycles. The Hall–Kier alpha value is -1.36. The second-order valence-corrected chi connectivity index (χ2v) is 4.40. The van der Waals surface area contributed by atoms with Crippen molar-refractivity contribution >= 4 is 29.9 Å². The van der Waals surface area contributed by atoms with E-state index in [1.165, 1.54) is 13.2 Å². The average Bonchev–Trinajstić information content (AvgIpc) is 2.54. The van der Waals surface area contributed by atoms with Crippen LogP contribution in [0.15, 0.2) is 23.2 Å². The van der Waals surface area contributed by atoms with E-state index < -0.39 is 6.61 Å². The molecule has 24 heavy (non-hydrogen) atoms. The van der Waals surface area contributed by atoms with Gasteiger partial charge in [-0.2, -0.15) is 8.78 Å². The first-order valence-corrected chi connectivity index (χ1v) is 7.24. The van der Waals surface area contributed by atoms with Crippen molar-refractivity contribution in [3.05, 3.63) is 23.8 Å². The van der Waals surface area contributed by atoms with Gasteiger partial charge in [-0.15, -0.1) is 24.0 Å². The number of ether oxygens (including phenoxy) is 3. The lowest BCUT2D eigenvalue weighted by Crippen LogP contribution is -2.38. The van der Waals surface area contributed by atoms with Gasteiger partial charge in [-0.3, -0.25) is 4.99 Å². The van der Waals surface area contributed by atoms with Gasteiger partial charge >= 0.3 is 6.61 Å². The first-order chi connectivity index (χ1) is 11.1. The maximum atomic E-state index is 12.5. The van der Waals surface area contributed by atoms with Crippen molar-refractivity contribution in [1.29, 1.82) is 0 Å². The van der Waals surface area contributed by atoms with Crippen molar-refractivity contribution < 1.29 is 23.0 Å². The Balaban J connectivity index is 0.00000529. The number of methoxy groups -OCH3 is 1. The van der Waals surface area contributed by atoms with Gasteiger partial charge in [0.15, 0.2) is 5.96 Å². The number of hydrogen-bond donors (Lipinski definition) is 2. The highest BCUT2D eigenvalue weighted by atomic mass is 127. The molecule has 138 valence electrons. The number of rotatable bonds is 9. The molecule has 0 saturated heterocycles. The molecule has 0 aliphatic heterocycles. The average molecular weight is 459 g/mol. The molecule has 9 heteroatoms. The van der Waals surface area contributed by atoms with E-state index in [1.54, 1.807) is 19.2 Å². The Morgan fingerprint density at radius 1 is 1.29 bits per heavy atom. The predicted octanol–water partition coefficient (Wildman–Crippen LogP) is 2.62. The number of nitrogens with one attached hydrogen (secondary N) is 2. The smallest absolute Gasteiger partial charge is 0.387 e. The van der Waals surface area contributed by atoms with E-state index in [0.717, 1.165) is 0 Å². The molecule has 0 fully saturated rings. The van der Waals surface area contributed by atoms with Gasteiger partial charge in [0.1, 0.15) is 11.5 Å². The molecule has 0 aliphatic rings.